The highest BCUT2D eigenvalue weighted by Gasteiger charge is 2.31. The minimum atomic E-state index is 0.857. The van der Waals surface area contributed by atoms with Crippen LogP contribution in [0, 0.1) is 11.8 Å². The Bertz CT molecular complexity index is 290. The van der Waals surface area contributed by atoms with E-state index in [-0.39, 0.29) is 0 Å². The fraction of sp³-hybridized carbons (Fsp3) is 1.00. The highest BCUT2D eigenvalue weighted by molar-refractivity contribution is 4.88. The maximum Gasteiger partial charge on any atom is 0.00967 e. The standard InChI is InChI=1S/C19H36N2/c1-2-5-16-6-3-7-18(10-9-16)21-14-11-17(12-15-21)19-8-4-13-20-19/h16-20H,2-15H2,1H3. The third-order valence-electron chi connectivity index (χ3n) is 6.51. The molecular formula is C19H36N2. The summed E-state index contributed by atoms with van der Waals surface area (Å²) in [6.07, 6.45) is 16.1. The van der Waals surface area contributed by atoms with Gasteiger partial charge in [0.25, 0.3) is 0 Å². The summed E-state index contributed by atoms with van der Waals surface area (Å²) in [5.74, 6) is 2.02. The molecule has 3 unspecified atom stereocenters. The molecule has 0 amide bonds. The van der Waals surface area contributed by atoms with E-state index in [1.807, 2.05) is 0 Å². The van der Waals surface area contributed by atoms with E-state index in [0.717, 1.165) is 23.9 Å². The lowest BCUT2D eigenvalue weighted by atomic mass is 9.87. The minimum absolute atomic E-state index is 0.857. The van der Waals surface area contributed by atoms with Crippen molar-refractivity contribution in [3.63, 3.8) is 0 Å². The highest BCUT2D eigenvalue weighted by Crippen LogP contribution is 2.32. The Morgan fingerprint density at radius 2 is 1.76 bits per heavy atom. The zero-order valence-corrected chi connectivity index (χ0v) is 14.2. The molecule has 3 rings (SSSR count). The molecule has 0 bridgehead atoms. The lowest BCUT2D eigenvalue weighted by Crippen LogP contribution is -2.45. The fourth-order valence-corrected chi connectivity index (χ4v) is 5.22. The summed E-state index contributed by atoms with van der Waals surface area (Å²) in [4.78, 5) is 2.86. The summed E-state index contributed by atoms with van der Waals surface area (Å²) in [7, 11) is 0. The van der Waals surface area contributed by atoms with Gasteiger partial charge < -0.3 is 10.2 Å². The van der Waals surface area contributed by atoms with E-state index >= 15 is 0 Å². The van der Waals surface area contributed by atoms with Crippen molar-refractivity contribution >= 4 is 0 Å². The largest absolute Gasteiger partial charge is 0.314 e. The fourth-order valence-electron chi connectivity index (χ4n) is 5.22. The van der Waals surface area contributed by atoms with Crippen LogP contribution in [0.5, 0.6) is 0 Å². The van der Waals surface area contributed by atoms with Gasteiger partial charge in [0, 0.05) is 12.1 Å². The van der Waals surface area contributed by atoms with Crippen LogP contribution < -0.4 is 5.32 Å². The van der Waals surface area contributed by atoms with Gasteiger partial charge in [0.15, 0.2) is 0 Å². The molecule has 122 valence electrons. The zero-order chi connectivity index (χ0) is 14.5. The van der Waals surface area contributed by atoms with E-state index in [1.165, 1.54) is 90.3 Å². The maximum atomic E-state index is 3.73. The van der Waals surface area contributed by atoms with Crippen molar-refractivity contribution in [1.82, 2.24) is 10.2 Å². The van der Waals surface area contributed by atoms with Gasteiger partial charge in [-0.1, -0.05) is 32.6 Å². The summed E-state index contributed by atoms with van der Waals surface area (Å²) >= 11 is 0. The smallest absolute Gasteiger partial charge is 0.00967 e. The van der Waals surface area contributed by atoms with Gasteiger partial charge in [-0.3, -0.25) is 0 Å². The van der Waals surface area contributed by atoms with Gasteiger partial charge in [-0.25, -0.2) is 0 Å². The van der Waals surface area contributed by atoms with E-state index < -0.39 is 0 Å². The van der Waals surface area contributed by atoms with Gasteiger partial charge in [0.1, 0.15) is 0 Å². The zero-order valence-electron chi connectivity index (χ0n) is 14.2. The Labute approximate surface area is 132 Å². The molecule has 3 atom stereocenters. The first kappa shape index (κ1) is 15.8. The van der Waals surface area contributed by atoms with Gasteiger partial charge in [0.05, 0.1) is 0 Å². The SMILES string of the molecule is CCCC1CCCC(N2CCC(C3CCCN3)CC2)CC1. The molecule has 0 aromatic rings. The van der Waals surface area contributed by atoms with Crippen molar-refractivity contribution in [1.29, 1.82) is 0 Å². The van der Waals surface area contributed by atoms with E-state index in [4.69, 9.17) is 0 Å². The molecule has 2 nitrogen and oxygen atoms in total. The molecule has 2 saturated heterocycles. The Morgan fingerprint density at radius 1 is 0.905 bits per heavy atom. The van der Waals surface area contributed by atoms with Gasteiger partial charge >= 0.3 is 0 Å². The molecule has 3 aliphatic rings. The molecule has 2 heteroatoms. The number of likely N-dealkylation sites (tertiary alicyclic amines) is 1. The maximum absolute atomic E-state index is 3.73. The lowest BCUT2D eigenvalue weighted by molar-refractivity contribution is 0.109. The normalized spacial score (nSPS) is 36.7. The monoisotopic (exact) mass is 292 g/mol. The second-order valence-electron chi connectivity index (χ2n) is 7.89. The van der Waals surface area contributed by atoms with Gasteiger partial charge in [-0.15, -0.1) is 0 Å². The summed E-state index contributed by atoms with van der Waals surface area (Å²) in [6, 6.07) is 1.78. The van der Waals surface area contributed by atoms with Crippen LogP contribution in [0.15, 0.2) is 0 Å². The van der Waals surface area contributed by atoms with Gasteiger partial charge in [-0.05, 0) is 76.4 Å². The average Bonchev–Trinajstić information content (AvgIpc) is 2.95. The molecule has 0 spiro atoms. The predicted octanol–water partition coefficient (Wildman–Crippen LogP) is 4.20. The summed E-state index contributed by atoms with van der Waals surface area (Å²) < 4.78 is 0. The number of piperidine rings is 1. The molecule has 0 radical (unpaired) electrons. The third kappa shape index (κ3) is 4.22. The lowest BCUT2D eigenvalue weighted by Gasteiger charge is -2.39. The molecule has 1 N–H and O–H groups in total. The summed E-state index contributed by atoms with van der Waals surface area (Å²) in [6.45, 7) is 6.38. The molecule has 1 aliphatic carbocycles. The predicted molar refractivity (Wildman–Crippen MR) is 90.6 cm³/mol. The van der Waals surface area contributed by atoms with Gasteiger partial charge in [0.2, 0.25) is 0 Å². The number of rotatable bonds is 4. The first-order valence-electron chi connectivity index (χ1n) is 9.84. The van der Waals surface area contributed by atoms with Crippen molar-refractivity contribution < 1.29 is 0 Å². The van der Waals surface area contributed by atoms with E-state index in [1.54, 1.807) is 0 Å². The Balaban J connectivity index is 1.43. The van der Waals surface area contributed by atoms with Crippen LogP contribution in [-0.4, -0.2) is 36.6 Å². The quantitative estimate of drug-likeness (QED) is 0.781. The average molecular weight is 293 g/mol. The molecule has 1 saturated carbocycles. The topological polar surface area (TPSA) is 15.3 Å². The molecule has 2 aliphatic heterocycles. The van der Waals surface area contributed by atoms with Crippen molar-refractivity contribution in [3.8, 4) is 0 Å². The second kappa shape index (κ2) is 7.97. The van der Waals surface area contributed by atoms with Gasteiger partial charge in [-0.2, -0.15) is 0 Å². The van der Waals surface area contributed by atoms with E-state index in [2.05, 4.69) is 17.1 Å². The molecule has 0 aromatic carbocycles. The number of nitrogens with zero attached hydrogens (tertiary/aromatic N) is 1. The third-order valence-corrected chi connectivity index (χ3v) is 6.51. The van der Waals surface area contributed by atoms with Crippen LogP contribution in [0.4, 0.5) is 0 Å². The molecule has 21 heavy (non-hydrogen) atoms. The van der Waals surface area contributed by atoms with Crippen LogP contribution in [0.25, 0.3) is 0 Å². The minimum Gasteiger partial charge on any atom is -0.314 e. The second-order valence-corrected chi connectivity index (χ2v) is 7.89. The van der Waals surface area contributed by atoms with Crippen LogP contribution >= 0.6 is 0 Å². The molecule has 2 heterocycles. The highest BCUT2D eigenvalue weighted by atomic mass is 15.2. The van der Waals surface area contributed by atoms with Crippen LogP contribution in [0.2, 0.25) is 0 Å². The summed E-state index contributed by atoms with van der Waals surface area (Å²) in [5.41, 5.74) is 0. The Morgan fingerprint density at radius 3 is 2.48 bits per heavy atom. The van der Waals surface area contributed by atoms with Crippen molar-refractivity contribution in [2.75, 3.05) is 19.6 Å². The Hall–Kier alpha value is -0.0800. The van der Waals surface area contributed by atoms with Crippen molar-refractivity contribution in [2.24, 2.45) is 11.8 Å². The van der Waals surface area contributed by atoms with E-state index in [9.17, 15) is 0 Å². The van der Waals surface area contributed by atoms with Crippen molar-refractivity contribution in [2.45, 2.75) is 89.6 Å². The van der Waals surface area contributed by atoms with Crippen LogP contribution in [0.3, 0.4) is 0 Å². The van der Waals surface area contributed by atoms with Crippen LogP contribution in [0.1, 0.15) is 77.6 Å². The van der Waals surface area contributed by atoms with Crippen molar-refractivity contribution in [3.05, 3.63) is 0 Å². The first-order valence-corrected chi connectivity index (χ1v) is 9.84. The molecule has 0 aromatic heterocycles. The molecular weight excluding hydrogens is 256 g/mol. The number of nitrogens with one attached hydrogen (secondary N) is 1. The number of hydrogen-bond donors (Lipinski definition) is 1. The Kier molecular flexibility index (Phi) is 5.99. The number of hydrogen-bond acceptors (Lipinski definition) is 2. The molecule has 3 fully saturated rings. The summed E-state index contributed by atoms with van der Waals surface area (Å²) in [5, 5.41) is 3.73. The van der Waals surface area contributed by atoms with E-state index in [0.29, 0.717) is 0 Å². The van der Waals surface area contributed by atoms with Crippen LogP contribution in [-0.2, 0) is 0 Å². The first-order chi connectivity index (χ1) is 10.4.